The lowest BCUT2D eigenvalue weighted by atomic mass is 10.1. The normalized spacial score (nSPS) is 15.7. The number of nitrogens with one attached hydrogen (secondary N) is 1. The molecule has 0 aliphatic carbocycles. The Morgan fingerprint density at radius 2 is 1.91 bits per heavy atom. The molecule has 23 heavy (non-hydrogen) atoms. The van der Waals surface area contributed by atoms with Crippen molar-refractivity contribution < 1.29 is 13.2 Å². The van der Waals surface area contributed by atoms with Crippen LogP contribution in [0.15, 0.2) is 40.7 Å². The zero-order valence-corrected chi connectivity index (χ0v) is 14.1. The van der Waals surface area contributed by atoms with Crippen LogP contribution in [-0.4, -0.2) is 43.1 Å². The largest absolute Gasteiger partial charge is 0.354 e. The summed E-state index contributed by atoms with van der Waals surface area (Å²) in [5.41, 5.74) is 0.481. The first-order valence-electron chi connectivity index (χ1n) is 7.34. The maximum atomic E-state index is 12.4. The van der Waals surface area contributed by atoms with Gasteiger partial charge in [0.2, 0.25) is 10.0 Å². The number of thiazole rings is 1. The Morgan fingerprint density at radius 3 is 2.52 bits per heavy atom. The van der Waals surface area contributed by atoms with Crippen molar-refractivity contribution in [3.05, 3.63) is 41.4 Å². The number of anilines is 1. The summed E-state index contributed by atoms with van der Waals surface area (Å²) in [6, 6.07) is 6.14. The Kier molecular flexibility index (Phi) is 4.74. The third-order valence-electron chi connectivity index (χ3n) is 3.71. The van der Waals surface area contributed by atoms with Crippen molar-refractivity contribution in [2.75, 3.05) is 25.0 Å². The van der Waals surface area contributed by atoms with Gasteiger partial charge >= 0.3 is 0 Å². The smallest absolute Gasteiger partial charge is 0.243 e. The molecule has 1 aliphatic heterocycles. The van der Waals surface area contributed by atoms with E-state index in [0.717, 1.165) is 12.8 Å². The minimum absolute atomic E-state index is 0.106. The Hall–Kier alpha value is -1.77. The van der Waals surface area contributed by atoms with Gasteiger partial charge in [0.15, 0.2) is 10.9 Å². The van der Waals surface area contributed by atoms with Gasteiger partial charge in [-0.1, -0.05) is 0 Å². The number of hydrogen-bond acceptors (Lipinski definition) is 6. The predicted molar refractivity (Wildman–Crippen MR) is 89.4 cm³/mol. The molecule has 122 valence electrons. The van der Waals surface area contributed by atoms with Crippen LogP contribution in [0.3, 0.4) is 0 Å². The molecule has 0 atom stereocenters. The predicted octanol–water partition coefficient (Wildman–Crippen LogP) is 2.22. The monoisotopic (exact) mass is 351 g/mol. The number of Topliss-reactive ketones (excluding diaryl/α,β-unsaturated/α-hetero) is 1. The van der Waals surface area contributed by atoms with E-state index in [9.17, 15) is 13.2 Å². The van der Waals surface area contributed by atoms with Crippen LogP contribution in [0.5, 0.6) is 0 Å². The lowest BCUT2D eigenvalue weighted by molar-refractivity contribution is 0.101. The molecule has 2 aromatic rings. The van der Waals surface area contributed by atoms with Crippen LogP contribution in [0.1, 0.15) is 23.2 Å². The molecule has 8 heteroatoms. The molecule has 0 bridgehead atoms. The molecule has 2 heterocycles. The molecule has 1 fully saturated rings. The first-order chi connectivity index (χ1) is 11.1. The molecule has 1 aliphatic rings. The zero-order chi connectivity index (χ0) is 16.3. The average Bonchev–Trinajstić information content (AvgIpc) is 3.26. The summed E-state index contributed by atoms with van der Waals surface area (Å²) >= 11 is 1.42. The van der Waals surface area contributed by atoms with E-state index in [1.54, 1.807) is 18.3 Å². The van der Waals surface area contributed by atoms with E-state index in [1.807, 2.05) is 5.38 Å². The van der Waals surface area contributed by atoms with Crippen LogP contribution in [0, 0.1) is 0 Å². The van der Waals surface area contributed by atoms with Crippen LogP contribution in [-0.2, 0) is 10.0 Å². The third kappa shape index (κ3) is 3.60. The Morgan fingerprint density at radius 1 is 1.22 bits per heavy atom. The number of ketones is 1. The number of hydrogen-bond donors (Lipinski definition) is 1. The molecule has 0 unspecified atom stereocenters. The highest BCUT2D eigenvalue weighted by molar-refractivity contribution is 7.89. The van der Waals surface area contributed by atoms with Gasteiger partial charge in [-0.2, -0.15) is 4.31 Å². The SMILES string of the molecule is O=C(CNc1nccs1)c1ccc(S(=O)(=O)N2CCCC2)cc1. The average molecular weight is 351 g/mol. The lowest BCUT2D eigenvalue weighted by Crippen LogP contribution is -2.27. The number of aromatic nitrogens is 1. The second-order valence-electron chi connectivity index (χ2n) is 5.25. The maximum absolute atomic E-state index is 12.4. The van der Waals surface area contributed by atoms with Gasteiger partial charge in [0.25, 0.3) is 0 Å². The molecule has 1 saturated heterocycles. The maximum Gasteiger partial charge on any atom is 0.243 e. The summed E-state index contributed by atoms with van der Waals surface area (Å²) < 4.78 is 26.3. The fourth-order valence-electron chi connectivity index (χ4n) is 2.46. The van der Waals surface area contributed by atoms with Crippen LogP contribution < -0.4 is 5.32 Å². The van der Waals surface area contributed by atoms with E-state index in [0.29, 0.717) is 23.8 Å². The van der Waals surface area contributed by atoms with Gasteiger partial charge < -0.3 is 5.32 Å². The second kappa shape index (κ2) is 6.77. The van der Waals surface area contributed by atoms with E-state index in [1.165, 1.54) is 27.8 Å². The summed E-state index contributed by atoms with van der Waals surface area (Å²) in [5.74, 6) is -0.106. The van der Waals surface area contributed by atoms with Crippen LogP contribution in [0.4, 0.5) is 5.13 Å². The molecule has 1 aromatic carbocycles. The van der Waals surface area contributed by atoms with Crippen LogP contribution in [0.2, 0.25) is 0 Å². The number of carbonyl (C=O) groups excluding carboxylic acids is 1. The topological polar surface area (TPSA) is 79.4 Å². The summed E-state index contributed by atoms with van der Waals surface area (Å²) in [5, 5.41) is 5.45. The van der Waals surface area contributed by atoms with Gasteiger partial charge in [0.1, 0.15) is 0 Å². The number of sulfonamides is 1. The molecule has 0 radical (unpaired) electrons. The standard InChI is InChI=1S/C15H17N3O3S2/c19-14(11-17-15-16-7-10-22-15)12-3-5-13(6-4-12)23(20,21)18-8-1-2-9-18/h3-7,10H,1-2,8-9,11H2,(H,16,17). The Balaban J connectivity index is 1.67. The Bertz CT molecular complexity index is 765. The molecule has 0 amide bonds. The lowest BCUT2D eigenvalue weighted by Gasteiger charge is -2.15. The fourth-order valence-corrected chi connectivity index (χ4v) is 4.50. The van der Waals surface area contributed by atoms with Gasteiger partial charge in [0, 0.05) is 30.2 Å². The van der Waals surface area contributed by atoms with Crippen LogP contribution in [0.25, 0.3) is 0 Å². The number of benzene rings is 1. The van der Waals surface area contributed by atoms with Gasteiger partial charge in [-0.25, -0.2) is 13.4 Å². The minimum Gasteiger partial charge on any atom is -0.354 e. The molecule has 0 saturated carbocycles. The van der Waals surface area contributed by atoms with Crippen molar-refractivity contribution in [3.63, 3.8) is 0 Å². The summed E-state index contributed by atoms with van der Waals surface area (Å²) in [6.45, 7) is 1.27. The van der Waals surface area contributed by atoms with E-state index in [2.05, 4.69) is 10.3 Å². The highest BCUT2D eigenvalue weighted by atomic mass is 32.2. The van der Waals surface area contributed by atoms with E-state index in [4.69, 9.17) is 0 Å². The highest BCUT2D eigenvalue weighted by Crippen LogP contribution is 2.21. The number of nitrogens with zero attached hydrogens (tertiary/aromatic N) is 2. The molecule has 3 rings (SSSR count). The van der Waals surface area contributed by atoms with Gasteiger partial charge in [-0.15, -0.1) is 11.3 Å². The number of rotatable bonds is 6. The van der Waals surface area contributed by atoms with Crippen LogP contribution >= 0.6 is 11.3 Å². The molecular formula is C15H17N3O3S2. The van der Waals surface area contributed by atoms with Gasteiger partial charge in [0.05, 0.1) is 11.4 Å². The quantitative estimate of drug-likeness (QED) is 0.807. The first kappa shape index (κ1) is 16.1. The van der Waals surface area contributed by atoms with Crippen molar-refractivity contribution >= 4 is 32.3 Å². The Labute approximate surface area is 139 Å². The summed E-state index contributed by atoms with van der Waals surface area (Å²) in [7, 11) is -3.43. The van der Waals surface area contributed by atoms with Gasteiger partial charge in [-0.05, 0) is 37.1 Å². The zero-order valence-electron chi connectivity index (χ0n) is 12.4. The van der Waals surface area contributed by atoms with Crippen molar-refractivity contribution in [2.45, 2.75) is 17.7 Å². The van der Waals surface area contributed by atoms with E-state index < -0.39 is 10.0 Å². The molecule has 6 nitrogen and oxygen atoms in total. The molecule has 0 spiro atoms. The first-order valence-corrected chi connectivity index (χ1v) is 9.66. The molecular weight excluding hydrogens is 334 g/mol. The third-order valence-corrected chi connectivity index (χ3v) is 6.36. The highest BCUT2D eigenvalue weighted by Gasteiger charge is 2.27. The number of carbonyl (C=O) groups is 1. The van der Waals surface area contributed by atoms with Crippen molar-refractivity contribution in [1.82, 2.24) is 9.29 Å². The van der Waals surface area contributed by atoms with E-state index >= 15 is 0 Å². The van der Waals surface area contributed by atoms with Crippen molar-refractivity contribution in [3.8, 4) is 0 Å². The summed E-state index contributed by atoms with van der Waals surface area (Å²) in [4.78, 5) is 16.4. The second-order valence-corrected chi connectivity index (χ2v) is 8.08. The summed E-state index contributed by atoms with van der Waals surface area (Å²) in [6.07, 6.45) is 3.46. The fraction of sp³-hybridized carbons (Fsp3) is 0.333. The minimum atomic E-state index is -3.43. The van der Waals surface area contributed by atoms with Gasteiger partial charge in [-0.3, -0.25) is 4.79 Å². The molecule has 1 N–H and O–H groups in total. The van der Waals surface area contributed by atoms with Crippen molar-refractivity contribution in [2.24, 2.45) is 0 Å². The van der Waals surface area contributed by atoms with E-state index in [-0.39, 0.29) is 17.2 Å². The van der Waals surface area contributed by atoms with Crippen molar-refractivity contribution in [1.29, 1.82) is 0 Å². The molecule has 1 aromatic heterocycles.